The van der Waals surface area contributed by atoms with Gasteiger partial charge in [-0.1, -0.05) is 23.7 Å². The third kappa shape index (κ3) is 4.13. The number of esters is 1. The Hall–Kier alpha value is -1.75. The fourth-order valence-electron chi connectivity index (χ4n) is 2.56. The number of carbonyl (C=O) groups is 2. The first-order valence-corrected chi connectivity index (χ1v) is 7.76. The molecule has 0 N–H and O–H groups in total. The minimum atomic E-state index is -0.429. The summed E-state index contributed by atoms with van der Waals surface area (Å²) in [6.07, 6.45) is 2.43. The van der Waals surface area contributed by atoms with Gasteiger partial charge in [0, 0.05) is 13.0 Å². The van der Waals surface area contributed by atoms with Gasteiger partial charge in [0.2, 0.25) is 5.91 Å². The van der Waals surface area contributed by atoms with Crippen molar-refractivity contribution in [1.82, 2.24) is 4.90 Å². The second-order valence-corrected chi connectivity index (χ2v) is 5.56. The number of halogens is 1. The SMILES string of the molecule is COC(=O)C1CCCN1C(=O)CCCOc1ccccc1Cl. The number of amides is 1. The molecule has 0 spiro atoms. The molecule has 1 aromatic carbocycles. The van der Waals surface area contributed by atoms with E-state index in [1.165, 1.54) is 7.11 Å². The first-order valence-electron chi connectivity index (χ1n) is 7.38. The van der Waals surface area contributed by atoms with Crippen LogP contribution in [0.2, 0.25) is 5.02 Å². The molecule has 1 fully saturated rings. The molecule has 0 radical (unpaired) electrons. The van der Waals surface area contributed by atoms with Gasteiger partial charge < -0.3 is 14.4 Å². The van der Waals surface area contributed by atoms with E-state index in [4.69, 9.17) is 21.1 Å². The molecule has 1 aliphatic heterocycles. The summed E-state index contributed by atoms with van der Waals surface area (Å²) in [5.41, 5.74) is 0. The highest BCUT2D eigenvalue weighted by Crippen LogP contribution is 2.23. The molecule has 1 heterocycles. The lowest BCUT2D eigenvalue weighted by Crippen LogP contribution is -2.41. The van der Waals surface area contributed by atoms with Gasteiger partial charge in [0.05, 0.1) is 18.7 Å². The summed E-state index contributed by atoms with van der Waals surface area (Å²) >= 11 is 5.99. The Labute approximate surface area is 135 Å². The Balaban J connectivity index is 1.76. The molecule has 1 atom stereocenters. The maximum absolute atomic E-state index is 12.2. The van der Waals surface area contributed by atoms with Crippen molar-refractivity contribution in [3.05, 3.63) is 29.3 Å². The molecule has 0 saturated carbocycles. The van der Waals surface area contributed by atoms with E-state index in [0.29, 0.717) is 43.2 Å². The standard InChI is InChI=1S/C16H20ClNO4/c1-21-16(20)13-7-4-10-18(13)15(19)9-5-11-22-14-8-3-2-6-12(14)17/h2-3,6,8,13H,4-5,7,9-11H2,1H3. The average molecular weight is 326 g/mol. The van der Waals surface area contributed by atoms with Crippen LogP contribution in [0.15, 0.2) is 24.3 Å². The number of nitrogens with zero attached hydrogens (tertiary/aromatic N) is 1. The molecule has 22 heavy (non-hydrogen) atoms. The van der Waals surface area contributed by atoms with E-state index < -0.39 is 6.04 Å². The van der Waals surface area contributed by atoms with Crippen molar-refractivity contribution >= 4 is 23.5 Å². The molecule has 5 nitrogen and oxygen atoms in total. The van der Waals surface area contributed by atoms with Crippen molar-refractivity contribution in [2.24, 2.45) is 0 Å². The molecule has 0 bridgehead atoms. The molecule has 1 saturated heterocycles. The van der Waals surface area contributed by atoms with Gasteiger partial charge in [-0.05, 0) is 31.4 Å². The zero-order valence-corrected chi connectivity index (χ0v) is 13.3. The molecular formula is C16H20ClNO4. The monoisotopic (exact) mass is 325 g/mol. The van der Waals surface area contributed by atoms with E-state index in [-0.39, 0.29) is 11.9 Å². The minimum absolute atomic E-state index is 0.0318. The van der Waals surface area contributed by atoms with Crippen molar-refractivity contribution < 1.29 is 19.1 Å². The largest absolute Gasteiger partial charge is 0.492 e. The van der Waals surface area contributed by atoms with Crippen molar-refractivity contribution in [2.45, 2.75) is 31.7 Å². The maximum atomic E-state index is 12.2. The Bertz CT molecular complexity index is 535. The van der Waals surface area contributed by atoms with Crippen LogP contribution in [-0.4, -0.2) is 43.1 Å². The molecular weight excluding hydrogens is 306 g/mol. The number of para-hydroxylation sites is 1. The van der Waals surface area contributed by atoms with E-state index in [1.54, 1.807) is 17.0 Å². The zero-order chi connectivity index (χ0) is 15.9. The highest BCUT2D eigenvalue weighted by molar-refractivity contribution is 6.32. The molecule has 2 rings (SSSR count). The van der Waals surface area contributed by atoms with Crippen LogP contribution in [0, 0.1) is 0 Å². The quantitative estimate of drug-likeness (QED) is 0.596. The van der Waals surface area contributed by atoms with Crippen molar-refractivity contribution in [2.75, 3.05) is 20.3 Å². The fraction of sp³-hybridized carbons (Fsp3) is 0.500. The maximum Gasteiger partial charge on any atom is 0.328 e. The van der Waals surface area contributed by atoms with E-state index in [2.05, 4.69) is 0 Å². The summed E-state index contributed by atoms with van der Waals surface area (Å²) in [7, 11) is 1.35. The second-order valence-electron chi connectivity index (χ2n) is 5.15. The molecule has 1 unspecified atom stereocenters. The van der Waals surface area contributed by atoms with Crippen LogP contribution in [0.5, 0.6) is 5.75 Å². The zero-order valence-electron chi connectivity index (χ0n) is 12.6. The van der Waals surface area contributed by atoms with E-state index in [0.717, 1.165) is 6.42 Å². The smallest absolute Gasteiger partial charge is 0.328 e. The number of rotatable bonds is 6. The van der Waals surface area contributed by atoms with E-state index in [1.807, 2.05) is 12.1 Å². The second kappa shape index (κ2) is 8.03. The molecule has 0 aliphatic carbocycles. The van der Waals surface area contributed by atoms with Crippen LogP contribution in [0.1, 0.15) is 25.7 Å². The van der Waals surface area contributed by atoms with Crippen LogP contribution >= 0.6 is 11.6 Å². The first-order chi connectivity index (χ1) is 10.6. The third-order valence-electron chi connectivity index (χ3n) is 3.68. The Kier molecular flexibility index (Phi) is 6.07. The Morgan fingerprint density at radius 3 is 2.86 bits per heavy atom. The van der Waals surface area contributed by atoms with E-state index >= 15 is 0 Å². The third-order valence-corrected chi connectivity index (χ3v) is 3.99. The number of benzene rings is 1. The fourth-order valence-corrected chi connectivity index (χ4v) is 2.75. The average Bonchev–Trinajstić information content (AvgIpc) is 3.01. The number of carbonyl (C=O) groups excluding carboxylic acids is 2. The lowest BCUT2D eigenvalue weighted by Gasteiger charge is -2.22. The van der Waals surface area contributed by atoms with E-state index in [9.17, 15) is 9.59 Å². The first kappa shape index (κ1) is 16.6. The highest BCUT2D eigenvalue weighted by atomic mass is 35.5. The highest BCUT2D eigenvalue weighted by Gasteiger charge is 2.34. The van der Waals surface area contributed by atoms with Gasteiger partial charge in [-0.25, -0.2) is 4.79 Å². The molecule has 1 aromatic rings. The van der Waals surface area contributed by atoms with Crippen LogP contribution < -0.4 is 4.74 Å². The van der Waals surface area contributed by atoms with Crippen LogP contribution in [0.3, 0.4) is 0 Å². The molecule has 1 aliphatic rings. The van der Waals surface area contributed by atoms with Crippen molar-refractivity contribution in [3.8, 4) is 5.75 Å². The van der Waals surface area contributed by atoms with Crippen molar-refractivity contribution in [1.29, 1.82) is 0 Å². The molecule has 1 amide bonds. The van der Waals surface area contributed by atoms with Crippen LogP contribution in [0.4, 0.5) is 0 Å². The number of ether oxygens (including phenoxy) is 2. The summed E-state index contributed by atoms with van der Waals surface area (Å²) in [4.78, 5) is 25.4. The van der Waals surface area contributed by atoms with Crippen molar-refractivity contribution in [3.63, 3.8) is 0 Å². The predicted octanol–water partition coefficient (Wildman–Crippen LogP) is 2.66. The summed E-state index contributed by atoms with van der Waals surface area (Å²) in [6, 6.07) is 6.80. The summed E-state index contributed by atoms with van der Waals surface area (Å²) in [5.74, 6) is 0.249. The Morgan fingerprint density at radius 1 is 1.36 bits per heavy atom. The predicted molar refractivity (Wildman–Crippen MR) is 82.9 cm³/mol. The van der Waals surface area contributed by atoms with Gasteiger partial charge >= 0.3 is 5.97 Å². The summed E-state index contributed by atoms with van der Waals surface area (Å²) in [6.45, 7) is 1.02. The summed E-state index contributed by atoms with van der Waals surface area (Å²) < 4.78 is 10.3. The van der Waals surface area contributed by atoms with Crippen LogP contribution in [0.25, 0.3) is 0 Å². The number of likely N-dealkylation sites (tertiary alicyclic amines) is 1. The van der Waals surface area contributed by atoms with Gasteiger partial charge in [-0.2, -0.15) is 0 Å². The Morgan fingerprint density at radius 2 is 2.14 bits per heavy atom. The van der Waals surface area contributed by atoms with Gasteiger partial charge in [0.15, 0.2) is 0 Å². The van der Waals surface area contributed by atoms with Gasteiger partial charge in [-0.3, -0.25) is 4.79 Å². The number of methoxy groups -OCH3 is 1. The number of hydrogen-bond acceptors (Lipinski definition) is 4. The van der Waals surface area contributed by atoms with Gasteiger partial charge in [0.25, 0.3) is 0 Å². The molecule has 120 valence electrons. The van der Waals surface area contributed by atoms with Gasteiger partial charge in [0.1, 0.15) is 11.8 Å². The summed E-state index contributed by atoms with van der Waals surface area (Å²) in [5, 5.41) is 0.555. The normalized spacial score (nSPS) is 17.4. The van der Waals surface area contributed by atoms with Crippen LogP contribution in [-0.2, 0) is 14.3 Å². The topological polar surface area (TPSA) is 55.8 Å². The molecule has 0 aromatic heterocycles. The van der Waals surface area contributed by atoms with Gasteiger partial charge in [-0.15, -0.1) is 0 Å². The number of hydrogen-bond donors (Lipinski definition) is 0. The lowest BCUT2D eigenvalue weighted by molar-refractivity contribution is -0.151. The lowest BCUT2D eigenvalue weighted by atomic mass is 10.2. The minimum Gasteiger partial charge on any atom is -0.492 e. The molecule has 6 heteroatoms.